The predicted octanol–water partition coefficient (Wildman–Crippen LogP) is 2.56. The Hall–Kier alpha value is -2.15. The van der Waals surface area contributed by atoms with Crippen molar-refractivity contribution in [3.05, 3.63) is 23.0 Å². The number of cyclic esters (lactones) is 1. The third-order valence-electron chi connectivity index (χ3n) is 4.12. The van der Waals surface area contributed by atoms with E-state index in [1.165, 1.54) is 11.3 Å². The van der Waals surface area contributed by atoms with Gasteiger partial charge in [-0.25, -0.2) is 9.59 Å². The Bertz CT molecular complexity index is 981. The molecular weight excluding hydrogens is 403 g/mol. The minimum atomic E-state index is -0.581. The van der Waals surface area contributed by atoms with Crippen molar-refractivity contribution in [1.29, 1.82) is 0 Å². The minimum absolute atomic E-state index is 0. The number of ether oxygens (including phenoxy) is 2. The second-order valence-corrected chi connectivity index (χ2v) is 8.61. The zero-order valence-electron chi connectivity index (χ0n) is 18.2. The molecule has 3 rings (SSSR count). The van der Waals surface area contributed by atoms with E-state index in [0.29, 0.717) is 13.2 Å². The van der Waals surface area contributed by atoms with Gasteiger partial charge < -0.3 is 24.2 Å². The fourth-order valence-electron chi connectivity index (χ4n) is 2.85. The molecule has 0 unspecified atom stereocenters. The standard InChI is InChI=1S/C19H26N4O5S.Li/c1-6-26-21-16-22(5)14-8-7-12(9-15(14)29-16)23-11-13(27-18(23)25)10-20-17(24)28-19(2,3)4;/h7-9,13H,6,10-11H2,1-5H3,(H,20,24);/t13-;/m0./s1. The van der Waals surface area contributed by atoms with Crippen LogP contribution in [-0.2, 0) is 21.4 Å². The quantitative estimate of drug-likeness (QED) is 0.582. The fourth-order valence-corrected chi connectivity index (χ4v) is 3.86. The molecule has 30 heavy (non-hydrogen) atoms. The summed E-state index contributed by atoms with van der Waals surface area (Å²) >= 11 is 1.48. The Balaban J connectivity index is 0.00000320. The number of amides is 2. The number of rotatable bonds is 5. The second kappa shape index (κ2) is 9.77. The molecule has 1 atom stereocenters. The Labute approximate surface area is 191 Å². The molecule has 2 aromatic rings. The first-order chi connectivity index (χ1) is 13.7. The van der Waals surface area contributed by atoms with Crippen LogP contribution in [0, 0.1) is 0 Å². The third-order valence-corrected chi connectivity index (χ3v) is 5.20. The molecule has 1 saturated heterocycles. The molecule has 1 radical (unpaired) electrons. The topological polar surface area (TPSA) is 94.4 Å². The van der Waals surface area contributed by atoms with Gasteiger partial charge in [-0.1, -0.05) is 16.5 Å². The number of nitrogens with one attached hydrogen (secondary N) is 1. The predicted molar refractivity (Wildman–Crippen MR) is 116 cm³/mol. The van der Waals surface area contributed by atoms with Gasteiger partial charge in [0.25, 0.3) is 0 Å². The van der Waals surface area contributed by atoms with Crippen LogP contribution in [0.1, 0.15) is 27.7 Å². The van der Waals surface area contributed by atoms with Gasteiger partial charge in [-0.3, -0.25) is 4.90 Å². The van der Waals surface area contributed by atoms with E-state index in [1.807, 2.05) is 36.7 Å². The van der Waals surface area contributed by atoms with Gasteiger partial charge in [-0.05, 0) is 45.9 Å². The van der Waals surface area contributed by atoms with Gasteiger partial charge in [0.1, 0.15) is 18.3 Å². The molecule has 1 fully saturated rings. The van der Waals surface area contributed by atoms with E-state index in [0.717, 1.165) is 20.7 Å². The first-order valence-electron chi connectivity index (χ1n) is 9.38. The van der Waals surface area contributed by atoms with Crippen LogP contribution in [0.5, 0.6) is 0 Å². The summed E-state index contributed by atoms with van der Waals surface area (Å²) in [5, 5.41) is 6.75. The molecule has 0 spiro atoms. The van der Waals surface area contributed by atoms with Crippen LogP contribution in [0.2, 0.25) is 0 Å². The van der Waals surface area contributed by atoms with Gasteiger partial charge >= 0.3 is 12.2 Å². The van der Waals surface area contributed by atoms with Crippen LogP contribution in [0.4, 0.5) is 15.3 Å². The summed E-state index contributed by atoms with van der Waals surface area (Å²) in [7, 11) is 1.92. The van der Waals surface area contributed by atoms with Crippen molar-refractivity contribution in [2.75, 3.05) is 24.6 Å². The average molecular weight is 429 g/mol. The Morgan fingerprint density at radius 3 is 2.80 bits per heavy atom. The van der Waals surface area contributed by atoms with E-state index < -0.39 is 23.9 Å². The van der Waals surface area contributed by atoms with Crippen LogP contribution in [0.3, 0.4) is 0 Å². The molecule has 1 aromatic heterocycles. The number of alkyl carbamates (subject to hydrolysis) is 1. The molecule has 2 heterocycles. The smallest absolute Gasteiger partial charge is 0.414 e. The van der Waals surface area contributed by atoms with Crippen molar-refractivity contribution in [3.8, 4) is 0 Å². The Morgan fingerprint density at radius 1 is 1.40 bits per heavy atom. The SMILES string of the molecule is CCON=c1sc2cc(N3C[C@H](CNC(=O)OC(C)(C)C)OC3=O)ccc2n1C.[Li]. The van der Waals surface area contributed by atoms with Crippen LogP contribution >= 0.6 is 11.3 Å². The van der Waals surface area contributed by atoms with Crippen molar-refractivity contribution in [2.24, 2.45) is 12.2 Å². The van der Waals surface area contributed by atoms with Gasteiger partial charge in [0.2, 0.25) is 4.80 Å². The summed E-state index contributed by atoms with van der Waals surface area (Å²) < 4.78 is 13.5. The number of hydrogen-bond acceptors (Lipinski definition) is 7. The van der Waals surface area contributed by atoms with Crippen molar-refractivity contribution >= 4 is 58.3 Å². The molecule has 0 saturated carbocycles. The Kier molecular flexibility index (Phi) is 7.85. The van der Waals surface area contributed by atoms with Gasteiger partial charge in [-0.15, -0.1) is 0 Å². The molecule has 9 nitrogen and oxygen atoms in total. The average Bonchev–Trinajstić information content (AvgIpc) is 3.16. The Morgan fingerprint density at radius 2 is 2.13 bits per heavy atom. The van der Waals surface area contributed by atoms with Gasteiger partial charge in [0, 0.05) is 31.6 Å². The number of benzene rings is 1. The minimum Gasteiger partial charge on any atom is -0.444 e. The zero-order valence-corrected chi connectivity index (χ0v) is 19.0. The van der Waals surface area contributed by atoms with Crippen molar-refractivity contribution in [2.45, 2.75) is 39.4 Å². The van der Waals surface area contributed by atoms with Gasteiger partial charge in [-0.2, -0.15) is 0 Å². The molecule has 0 aliphatic carbocycles. The van der Waals surface area contributed by atoms with E-state index >= 15 is 0 Å². The number of carbonyl (C=O) groups excluding carboxylic acids is 2. The summed E-state index contributed by atoms with van der Waals surface area (Å²) in [6, 6.07) is 5.73. The van der Waals surface area contributed by atoms with Crippen LogP contribution in [0.25, 0.3) is 10.2 Å². The number of aryl methyl sites for hydroxylation is 1. The summed E-state index contributed by atoms with van der Waals surface area (Å²) in [5.41, 5.74) is 1.14. The monoisotopic (exact) mass is 429 g/mol. The molecule has 0 bridgehead atoms. The van der Waals surface area contributed by atoms with Crippen molar-refractivity contribution in [1.82, 2.24) is 9.88 Å². The maximum Gasteiger partial charge on any atom is 0.414 e. The molecular formula is C19H26LiN4O5S. The number of fused-ring (bicyclic) bond motifs is 1. The number of anilines is 1. The van der Waals surface area contributed by atoms with E-state index in [9.17, 15) is 9.59 Å². The molecule has 2 amide bonds. The number of hydrogen-bond donors (Lipinski definition) is 1. The van der Waals surface area contributed by atoms with Gasteiger partial charge in [0.15, 0.2) is 0 Å². The molecule has 1 aliphatic rings. The normalized spacial score (nSPS) is 17.0. The van der Waals surface area contributed by atoms with Crippen molar-refractivity contribution in [3.63, 3.8) is 0 Å². The van der Waals surface area contributed by atoms with Crippen LogP contribution < -0.4 is 15.0 Å². The molecule has 11 heteroatoms. The number of carbonyl (C=O) groups is 2. The van der Waals surface area contributed by atoms with E-state index in [2.05, 4.69) is 10.5 Å². The third kappa shape index (κ3) is 5.71. The summed E-state index contributed by atoms with van der Waals surface area (Å²) in [5.74, 6) is 0. The molecule has 159 valence electrons. The maximum atomic E-state index is 12.3. The molecule has 1 aliphatic heterocycles. The van der Waals surface area contributed by atoms with Crippen LogP contribution in [0.15, 0.2) is 23.4 Å². The molecule has 1 aromatic carbocycles. The molecule has 1 N–H and O–H groups in total. The zero-order chi connectivity index (χ0) is 21.2. The van der Waals surface area contributed by atoms with E-state index in [4.69, 9.17) is 14.3 Å². The summed E-state index contributed by atoms with van der Waals surface area (Å²) in [6.45, 7) is 8.27. The van der Waals surface area contributed by atoms with Gasteiger partial charge in [0.05, 0.1) is 23.3 Å². The number of aromatic nitrogens is 1. The van der Waals surface area contributed by atoms with E-state index in [-0.39, 0.29) is 25.4 Å². The fraction of sp³-hybridized carbons (Fsp3) is 0.526. The van der Waals surface area contributed by atoms with Crippen LogP contribution in [-0.4, -0.2) is 67.0 Å². The number of nitrogens with zero attached hydrogens (tertiary/aromatic N) is 3. The van der Waals surface area contributed by atoms with Crippen molar-refractivity contribution < 1.29 is 23.9 Å². The first-order valence-corrected chi connectivity index (χ1v) is 10.2. The first kappa shape index (κ1) is 24.1. The van der Waals surface area contributed by atoms with E-state index in [1.54, 1.807) is 25.7 Å². The second-order valence-electron chi connectivity index (χ2n) is 7.60. The number of thiazole rings is 1. The summed E-state index contributed by atoms with van der Waals surface area (Å²) in [6.07, 6.45) is -1.43. The largest absolute Gasteiger partial charge is 0.444 e. The summed E-state index contributed by atoms with van der Waals surface area (Å²) in [4.78, 5) is 31.6. The maximum absolute atomic E-state index is 12.3.